The Balaban J connectivity index is 1.53. The maximum atomic E-state index is 13.8. The van der Waals surface area contributed by atoms with Crippen molar-refractivity contribution in [2.24, 2.45) is 5.92 Å². The number of nitrogens with zero attached hydrogens (tertiary/aromatic N) is 4. The molecule has 0 unspecified atom stereocenters. The maximum absolute atomic E-state index is 13.8. The average Bonchev–Trinajstić information content (AvgIpc) is 3.21. The summed E-state index contributed by atoms with van der Waals surface area (Å²) in [4.78, 5) is 49.0. The van der Waals surface area contributed by atoms with E-state index in [9.17, 15) is 14.4 Å². The quantitative estimate of drug-likeness (QED) is 0.407. The Kier molecular flexibility index (Phi) is 6.48. The van der Waals surface area contributed by atoms with Gasteiger partial charge in [0, 0.05) is 31.4 Å². The first-order chi connectivity index (χ1) is 16.4. The van der Waals surface area contributed by atoms with E-state index in [-0.39, 0.29) is 23.1 Å². The van der Waals surface area contributed by atoms with E-state index in [0.717, 1.165) is 42.1 Å². The van der Waals surface area contributed by atoms with Crippen LogP contribution in [0.4, 0.5) is 0 Å². The van der Waals surface area contributed by atoms with Crippen molar-refractivity contribution in [2.45, 2.75) is 44.8 Å². The maximum Gasteiger partial charge on any atom is 0.267 e. The fraction of sp³-hybridized carbons (Fsp3) is 0.440. The molecule has 2 aromatic heterocycles. The van der Waals surface area contributed by atoms with Gasteiger partial charge in [0.25, 0.3) is 5.56 Å². The molecule has 0 aliphatic carbocycles. The van der Waals surface area contributed by atoms with Crippen molar-refractivity contribution in [3.8, 4) is 5.69 Å². The number of thiophene rings is 1. The van der Waals surface area contributed by atoms with Crippen LogP contribution < -0.4 is 5.56 Å². The van der Waals surface area contributed by atoms with Crippen LogP contribution in [0.15, 0.2) is 40.3 Å². The van der Waals surface area contributed by atoms with Crippen molar-refractivity contribution in [1.29, 1.82) is 0 Å². The summed E-state index contributed by atoms with van der Waals surface area (Å²) in [7, 11) is 0. The Labute approximate surface area is 206 Å². The van der Waals surface area contributed by atoms with Gasteiger partial charge in [-0.3, -0.25) is 19.0 Å². The van der Waals surface area contributed by atoms with Crippen molar-refractivity contribution in [3.05, 3.63) is 51.1 Å². The second-order valence-electron chi connectivity index (χ2n) is 9.12. The summed E-state index contributed by atoms with van der Waals surface area (Å²) in [5, 5.41) is 1.18. The molecule has 3 aromatic rings. The molecular weight excluding hydrogens is 468 g/mol. The number of para-hydroxylation sites is 1. The van der Waals surface area contributed by atoms with E-state index in [1.807, 2.05) is 35.2 Å². The lowest BCUT2D eigenvalue weighted by Crippen LogP contribution is -2.40. The minimum absolute atomic E-state index is 0.0412. The van der Waals surface area contributed by atoms with Gasteiger partial charge in [-0.1, -0.05) is 36.9 Å². The molecule has 2 aliphatic heterocycles. The molecule has 0 bridgehead atoms. The first-order valence-electron chi connectivity index (χ1n) is 11.7. The zero-order valence-corrected chi connectivity index (χ0v) is 21.1. The summed E-state index contributed by atoms with van der Waals surface area (Å²) in [5.41, 5.74) is 1.64. The summed E-state index contributed by atoms with van der Waals surface area (Å²) in [5.74, 6) is 0.903. The van der Waals surface area contributed by atoms with Crippen molar-refractivity contribution in [3.63, 3.8) is 0 Å². The molecule has 178 valence electrons. The lowest BCUT2D eigenvalue weighted by Gasteiger charge is -2.30. The van der Waals surface area contributed by atoms with Gasteiger partial charge in [0.15, 0.2) is 5.16 Å². The third-order valence-electron chi connectivity index (χ3n) is 6.64. The number of fused-ring (bicyclic) bond motifs is 3. The Hall–Kier alpha value is -2.65. The number of amides is 2. The number of hydrogen-bond donors (Lipinski definition) is 0. The Morgan fingerprint density at radius 3 is 2.71 bits per heavy atom. The molecule has 0 radical (unpaired) electrons. The van der Waals surface area contributed by atoms with Gasteiger partial charge >= 0.3 is 0 Å². The van der Waals surface area contributed by atoms with Crippen LogP contribution in [0.3, 0.4) is 0 Å². The van der Waals surface area contributed by atoms with Crippen LogP contribution in [-0.4, -0.2) is 56.6 Å². The summed E-state index contributed by atoms with van der Waals surface area (Å²) < 4.78 is 1.64. The SMILES string of the molecule is CC(=O)N1CCc2c(sc3nc(SCC(=O)N4CCC[C@H](C)C4)n(-c4ccccc4)c(=O)c23)C1. The number of thioether (sulfide) groups is 1. The summed E-state index contributed by atoms with van der Waals surface area (Å²) >= 11 is 2.82. The van der Waals surface area contributed by atoms with Gasteiger partial charge in [-0.2, -0.15) is 0 Å². The highest BCUT2D eigenvalue weighted by atomic mass is 32.2. The number of aromatic nitrogens is 2. The van der Waals surface area contributed by atoms with Gasteiger partial charge in [0.05, 0.1) is 23.4 Å². The lowest BCUT2D eigenvalue weighted by molar-refractivity contribution is -0.130. The number of benzene rings is 1. The molecule has 7 nitrogen and oxygen atoms in total. The van der Waals surface area contributed by atoms with E-state index in [0.29, 0.717) is 40.8 Å². The van der Waals surface area contributed by atoms with Crippen molar-refractivity contribution >= 4 is 45.1 Å². The normalized spacial score (nSPS) is 18.2. The molecule has 2 aliphatic rings. The second kappa shape index (κ2) is 9.54. The number of likely N-dealkylation sites (tertiary alicyclic amines) is 1. The molecule has 34 heavy (non-hydrogen) atoms. The molecule has 1 aromatic carbocycles. The number of piperidine rings is 1. The highest BCUT2D eigenvalue weighted by molar-refractivity contribution is 7.99. The molecule has 0 saturated carbocycles. The monoisotopic (exact) mass is 496 g/mol. The fourth-order valence-electron chi connectivity index (χ4n) is 4.83. The average molecular weight is 497 g/mol. The summed E-state index contributed by atoms with van der Waals surface area (Å²) in [6.07, 6.45) is 2.85. The predicted molar refractivity (Wildman–Crippen MR) is 136 cm³/mol. The Morgan fingerprint density at radius 2 is 1.97 bits per heavy atom. The molecule has 9 heteroatoms. The third-order valence-corrected chi connectivity index (χ3v) is 8.67. The third kappa shape index (κ3) is 4.38. The van der Waals surface area contributed by atoms with E-state index in [2.05, 4.69) is 6.92 Å². The number of hydrogen-bond acceptors (Lipinski definition) is 6. The van der Waals surface area contributed by atoms with Crippen LogP contribution >= 0.6 is 23.1 Å². The van der Waals surface area contributed by atoms with Crippen LogP contribution in [0.2, 0.25) is 0 Å². The van der Waals surface area contributed by atoms with Crippen LogP contribution in [-0.2, 0) is 22.6 Å². The largest absolute Gasteiger partial charge is 0.342 e. The first-order valence-corrected chi connectivity index (χ1v) is 13.5. The molecule has 1 fully saturated rings. The number of carbonyl (C=O) groups is 2. The van der Waals surface area contributed by atoms with E-state index in [4.69, 9.17) is 4.98 Å². The van der Waals surface area contributed by atoms with Gasteiger partial charge in [-0.15, -0.1) is 11.3 Å². The van der Waals surface area contributed by atoms with Crippen molar-refractivity contribution in [1.82, 2.24) is 19.4 Å². The highest BCUT2D eigenvalue weighted by Gasteiger charge is 2.27. The van der Waals surface area contributed by atoms with E-state index < -0.39 is 0 Å². The van der Waals surface area contributed by atoms with Crippen molar-refractivity contribution < 1.29 is 9.59 Å². The Bertz CT molecular complexity index is 1300. The van der Waals surface area contributed by atoms with E-state index in [1.54, 1.807) is 16.4 Å². The second-order valence-corrected chi connectivity index (χ2v) is 11.1. The molecule has 5 rings (SSSR count). The first kappa shape index (κ1) is 23.1. The van der Waals surface area contributed by atoms with Gasteiger partial charge in [0.1, 0.15) is 4.83 Å². The minimum Gasteiger partial charge on any atom is -0.342 e. The minimum atomic E-state index is -0.105. The summed E-state index contributed by atoms with van der Waals surface area (Å²) in [6.45, 7) is 6.48. The molecule has 4 heterocycles. The smallest absolute Gasteiger partial charge is 0.267 e. The van der Waals surface area contributed by atoms with Gasteiger partial charge in [0.2, 0.25) is 11.8 Å². The van der Waals surface area contributed by atoms with Gasteiger partial charge < -0.3 is 9.80 Å². The van der Waals surface area contributed by atoms with Crippen LogP contribution in [0.1, 0.15) is 37.1 Å². The van der Waals surface area contributed by atoms with Crippen LogP contribution in [0.25, 0.3) is 15.9 Å². The van der Waals surface area contributed by atoms with Crippen LogP contribution in [0, 0.1) is 5.92 Å². The molecule has 2 amide bonds. The number of carbonyl (C=O) groups excluding carboxylic acids is 2. The lowest BCUT2D eigenvalue weighted by atomic mass is 10.0. The van der Waals surface area contributed by atoms with Crippen LogP contribution in [0.5, 0.6) is 0 Å². The summed E-state index contributed by atoms with van der Waals surface area (Å²) in [6, 6.07) is 9.49. The molecular formula is C25H28N4O3S2. The van der Waals surface area contributed by atoms with Crippen molar-refractivity contribution in [2.75, 3.05) is 25.4 Å². The molecule has 0 spiro atoms. The van der Waals surface area contributed by atoms with E-state index >= 15 is 0 Å². The zero-order valence-electron chi connectivity index (χ0n) is 19.5. The Morgan fingerprint density at radius 1 is 1.18 bits per heavy atom. The standard InChI is InChI=1S/C25H28N4O3S2/c1-16-7-6-11-28(13-16)21(31)15-33-25-26-23-22(24(32)29(25)18-8-4-3-5-9-18)19-10-12-27(17(2)30)14-20(19)34-23/h3-5,8-9,16H,6-7,10-15H2,1-2H3/t16-/m0/s1. The number of rotatable bonds is 4. The topological polar surface area (TPSA) is 75.5 Å². The van der Waals surface area contributed by atoms with E-state index in [1.165, 1.54) is 23.1 Å². The zero-order chi connectivity index (χ0) is 23.8. The fourth-order valence-corrected chi connectivity index (χ4v) is 7.02. The predicted octanol–water partition coefficient (Wildman–Crippen LogP) is 3.70. The molecule has 1 atom stereocenters. The van der Waals surface area contributed by atoms with Gasteiger partial charge in [-0.05, 0) is 42.9 Å². The highest BCUT2D eigenvalue weighted by Crippen LogP contribution is 2.34. The molecule has 0 N–H and O–H groups in total. The molecule has 1 saturated heterocycles. The van der Waals surface area contributed by atoms with Gasteiger partial charge in [-0.25, -0.2) is 4.98 Å².